The van der Waals surface area contributed by atoms with Crippen LogP contribution in [-0.4, -0.2) is 20.4 Å². The van der Waals surface area contributed by atoms with Crippen LogP contribution < -0.4 is 11.4 Å². The summed E-state index contributed by atoms with van der Waals surface area (Å²) in [5.41, 5.74) is 5.92. The van der Waals surface area contributed by atoms with Crippen LogP contribution in [0.3, 0.4) is 0 Å². The molecule has 0 amide bonds. The predicted octanol–water partition coefficient (Wildman–Crippen LogP) is 0.899. The van der Waals surface area contributed by atoms with Crippen LogP contribution in [0.15, 0.2) is 4.79 Å². The highest BCUT2D eigenvalue weighted by molar-refractivity contribution is 4.91. The second kappa shape index (κ2) is 5.49. The number of hydrogen-bond donors (Lipinski definition) is 1. The van der Waals surface area contributed by atoms with Crippen molar-refractivity contribution in [1.29, 1.82) is 0 Å². The molecule has 2 N–H and O–H groups in total. The van der Waals surface area contributed by atoms with Crippen LogP contribution in [0.5, 0.6) is 0 Å². The molecule has 0 spiro atoms. The fourth-order valence-electron chi connectivity index (χ4n) is 2.30. The molecule has 0 aromatic carbocycles. The second-order valence-electron chi connectivity index (χ2n) is 4.84. The van der Waals surface area contributed by atoms with Crippen LogP contribution >= 0.6 is 0 Å². The molecule has 0 bridgehead atoms. The normalized spacial score (nSPS) is 16.8. The Morgan fingerprint density at radius 1 is 1.47 bits per heavy atom. The molecule has 1 aromatic rings. The SMILES string of the molecule is CCC(N)CCCn1nc2n(c1=O)CCCC2. The van der Waals surface area contributed by atoms with Crippen molar-refractivity contribution in [2.75, 3.05) is 0 Å². The van der Waals surface area contributed by atoms with Gasteiger partial charge in [-0.3, -0.25) is 4.57 Å². The van der Waals surface area contributed by atoms with E-state index in [2.05, 4.69) is 12.0 Å². The monoisotopic (exact) mass is 238 g/mol. The second-order valence-corrected chi connectivity index (χ2v) is 4.84. The smallest absolute Gasteiger partial charge is 0.328 e. The van der Waals surface area contributed by atoms with E-state index in [1.165, 1.54) is 0 Å². The molecule has 0 saturated heterocycles. The zero-order valence-electron chi connectivity index (χ0n) is 10.6. The average molecular weight is 238 g/mol. The fraction of sp³-hybridized carbons (Fsp3) is 0.833. The van der Waals surface area contributed by atoms with Gasteiger partial charge in [0.1, 0.15) is 5.82 Å². The van der Waals surface area contributed by atoms with Crippen molar-refractivity contribution in [3.8, 4) is 0 Å². The number of fused-ring (bicyclic) bond motifs is 1. The van der Waals surface area contributed by atoms with Gasteiger partial charge in [0, 0.05) is 25.6 Å². The number of aryl methyl sites for hydroxylation is 2. The zero-order valence-corrected chi connectivity index (χ0v) is 10.6. The Balaban J connectivity index is 1.97. The molecule has 2 heterocycles. The first-order valence-corrected chi connectivity index (χ1v) is 6.64. The summed E-state index contributed by atoms with van der Waals surface area (Å²) < 4.78 is 3.44. The minimum absolute atomic E-state index is 0.0600. The lowest BCUT2D eigenvalue weighted by molar-refractivity contribution is 0.486. The highest BCUT2D eigenvalue weighted by Gasteiger charge is 2.16. The first-order chi connectivity index (χ1) is 8.22. The van der Waals surface area contributed by atoms with Gasteiger partial charge in [0.25, 0.3) is 0 Å². The molecule has 1 aliphatic heterocycles. The molecule has 2 rings (SSSR count). The Hall–Kier alpha value is -1.10. The van der Waals surface area contributed by atoms with Gasteiger partial charge in [-0.05, 0) is 32.1 Å². The van der Waals surface area contributed by atoms with Gasteiger partial charge in [-0.2, -0.15) is 5.10 Å². The number of hydrogen-bond acceptors (Lipinski definition) is 3. The number of aromatic nitrogens is 3. The van der Waals surface area contributed by atoms with Crippen molar-refractivity contribution in [3.05, 3.63) is 16.3 Å². The summed E-state index contributed by atoms with van der Waals surface area (Å²) in [6.45, 7) is 3.63. The minimum Gasteiger partial charge on any atom is -0.328 e. The van der Waals surface area contributed by atoms with Gasteiger partial charge in [-0.1, -0.05) is 6.92 Å². The Labute approximate surface area is 102 Å². The van der Waals surface area contributed by atoms with Crippen molar-refractivity contribution in [1.82, 2.24) is 14.3 Å². The van der Waals surface area contributed by atoms with E-state index in [-0.39, 0.29) is 11.7 Å². The number of rotatable bonds is 5. The molecule has 5 heteroatoms. The highest BCUT2D eigenvalue weighted by Crippen LogP contribution is 2.09. The van der Waals surface area contributed by atoms with Crippen LogP contribution in [0.1, 0.15) is 44.9 Å². The van der Waals surface area contributed by atoms with E-state index in [9.17, 15) is 4.79 Å². The topological polar surface area (TPSA) is 65.8 Å². The number of nitrogens with zero attached hydrogens (tertiary/aromatic N) is 3. The summed E-state index contributed by atoms with van der Waals surface area (Å²) >= 11 is 0. The zero-order chi connectivity index (χ0) is 12.3. The predicted molar refractivity (Wildman–Crippen MR) is 66.9 cm³/mol. The number of nitrogens with two attached hydrogens (primary N) is 1. The van der Waals surface area contributed by atoms with Crippen LogP contribution in [-0.2, 0) is 19.5 Å². The van der Waals surface area contributed by atoms with Crippen molar-refractivity contribution in [2.45, 2.75) is 64.6 Å². The third kappa shape index (κ3) is 2.77. The first-order valence-electron chi connectivity index (χ1n) is 6.64. The van der Waals surface area contributed by atoms with Crippen LogP contribution in [0.4, 0.5) is 0 Å². The van der Waals surface area contributed by atoms with Crippen molar-refractivity contribution < 1.29 is 0 Å². The maximum atomic E-state index is 12.0. The summed E-state index contributed by atoms with van der Waals surface area (Å²) in [5, 5.41) is 4.40. The van der Waals surface area contributed by atoms with E-state index in [1.807, 2.05) is 4.57 Å². The molecule has 0 radical (unpaired) electrons. The van der Waals surface area contributed by atoms with E-state index in [4.69, 9.17) is 5.73 Å². The summed E-state index contributed by atoms with van der Waals surface area (Å²) in [4.78, 5) is 12.0. The summed E-state index contributed by atoms with van der Waals surface area (Å²) in [5.74, 6) is 0.959. The quantitative estimate of drug-likeness (QED) is 0.828. The molecule has 0 fully saturated rings. The van der Waals surface area contributed by atoms with Crippen molar-refractivity contribution >= 4 is 0 Å². The molecule has 0 aliphatic carbocycles. The van der Waals surface area contributed by atoms with E-state index in [0.29, 0.717) is 6.54 Å². The Morgan fingerprint density at radius 3 is 3.00 bits per heavy atom. The molecular formula is C12H22N4O. The van der Waals surface area contributed by atoms with E-state index < -0.39 is 0 Å². The van der Waals surface area contributed by atoms with Gasteiger partial charge in [-0.25, -0.2) is 9.48 Å². The maximum Gasteiger partial charge on any atom is 0.345 e. The fourth-order valence-corrected chi connectivity index (χ4v) is 2.30. The lowest BCUT2D eigenvalue weighted by atomic mass is 10.1. The molecule has 1 aliphatic rings. The van der Waals surface area contributed by atoms with E-state index >= 15 is 0 Å². The molecule has 5 nitrogen and oxygen atoms in total. The Kier molecular flexibility index (Phi) is 3.99. The highest BCUT2D eigenvalue weighted by atomic mass is 16.2. The van der Waals surface area contributed by atoms with Gasteiger partial charge in [0.2, 0.25) is 0 Å². The summed E-state index contributed by atoms with van der Waals surface area (Å²) in [7, 11) is 0. The van der Waals surface area contributed by atoms with E-state index in [1.54, 1.807) is 4.68 Å². The van der Waals surface area contributed by atoms with Crippen LogP contribution in [0, 0.1) is 0 Å². The largest absolute Gasteiger partial charge is 0.345 e. The van der Waals surface area contributed by atoms with Gasteiger partial charge < -0.3 is 5.73 Å². The average Bonchev–Trinajstić information content (AvgIpc) is 2.67. The molecular weight excluding hydrogens is 216 g/mol. The minimum atomic E-state index is 0.0600. The van der Waals surface area contributed by atoms with Gasteiger partial charge >= 0.3 is 5.69 Å². The van der Waals surface area contributed by atoms with Gasteiger partial charge in [0.05, 0.1) is 0 Å². The molecule has 96 valence electrons. The summed E-state index contributed by atoms with van der Waals surface area (Å²) in [6.07, 6.45) is 6.08. The molecule has 1 atom stereocenters. The maximum absolute atomic E-state index is 12.0. The molecule has 0 saturated carbocycles. The molecule has 1 unspecified atom stereocenters. The Morgan fingerprint density at radius 2 is 2.29 bits per heavy atom. The Bertz CT molecular complexity index is 421. The van der Waals surface area contributed by atoms with E-state index in [0.717, 1.165) is 50.9 Å². The lowest BCUT2D eigenvalue weighted by Gasteiger charge is -2.09. The third-order valence-corrected chi connectivity index (χ3v) is 3.50. The molecule has 1 aromatic heterocycles. The summed E-state index contributed by atoms with van der Waals surface area (Å²) in [6, 6.07) is 0.253. The standard InChI is InChI=1S/C12H22N4O/c1-2-10(13)6-5-9-16-12(17)15-8-4-3-7-11(15)14-16/h10H,2-9,13H2,1H3. The van der Waals surface area contributed by atoms with Crippen molar-refractivity contribution in [3.63, 3.8) is 0 Å². The van der Waals surface area contributed by atoms with Crippen LogP contribution in [0.2, 0.25) is 0 Å². The van der Waals surface area contributed by atoms with Gasteiger partial charge in [0.15, 0.2) is 0 Å². The first kappa shape index (κ1) is 12.4. The van der Waals surface area contributed by atoms with Crippen molar-refractivity contribution in [2.24, 2.45) is 5.73 Å². The lowest BCUT2D eigenvalue weighted by Crippen LogP contribution is -2.27. The van der Waals surface area contributed by atoms with Crippen LogP contribution in [0.25, 0.3) is 0 Å². The van der Waals surface area contributed by atoms with Gasteiger partial charge in [-0.15, -0.1) is 0 Å². The molecule has 17 heavy (non-hydrogen) atoms. The third-order valence-electron chi connectivity index (χ3n) is 3.50.